The molecule has 0 spiro atoms. The lowest BCUT2D eigenvalue weighted by Gasteiger charge is -2.32. The van der Waals surface area contributed by atoms with Crippen LogP contribution in [-0.2, 0) is 0 Å². The minimum Gasteiger partial charge on any atom is -0.507 e. The van der Waals surface area contributed by atoms with E-state index in [2.05, 4.69) is 10.6 Å². The molecule has 1 fully saturated rings. The van der Waals surface area contributed by atoms with Crippen molar-refractivity contribution in [2.24, 2.45) is 11.5 Å². The fourth-order valence-corrected chi connectivity index (χ4v) is 3.07. The molecule has 2 aromatic carbocycles. The zero-order valence-corrected chi connectivity index (χ0v) is 13.9. The maximum Gasteiger partial charge on any atom is 0.252 e. The van der Waals surface area contributed by atoms with Crippen LogP contribution in [0.15, 0.2) is 36.4 Å². The second-order valence-electron chi connectivity index (χ2n) is 6.20. The largest absolute Gasteiger partial charge is 0.507 e. The van der Waals surface area contributed by atoms with Gasteiger partial charge in [0.05, 0.1) is 11.1 Å². The summed E-state index contributed by atoms with van der Waals surface area (Å²) in [5.41, 5.74) is 12.3. The van der Waals surface area contributed by atoms with Crippen LogP contribution in [0.5, 0.6) is 11.5 Å². The number of nitrogens with two attached hydrogens (primary N) is 2. The Bertz CT molecular complexity index is 789. The van der Waals surface area contributed by atoms with Gasteiger partial charge in [0.1, 0.15) is 11.5 Å². The summed E-state index contributed by atoms with van der Waals surface area (Å²) in [5, 5.41) is 26.1. The van der Waals surface area contributed by atoms with E-state index in [1.165, 1.54) is 12.1 Å². The molecule has 0 saturated carbocycles. The van der Waals surface area contributed by atoms with Crippen molar-refractivity contribution in [3.8, 4) is 11.5 Å². The van der Waals surface area contributed by atoms with Crippen LogP contribution >= 0.6 is 0 Å². The summed E-state index contributed by atoms with van der Waals surface area (Å²) < 4.78 is 0. The molecule has 0 aliphatic carbocycles. The molecule has 1 unspecified atom stereocenters. The quantitative estimate of drug-likeness (QED) is 0.463. The second-order valence-corrected chi connectivity index (χ2v) is 6.20. The number of hydrogen-bond donors (Lipinski definition) is 6. The van der Waals surface area contributed by atoms with Crippen LogP contribution in [0.25, 0.3) is 0 Å². The van der Waals surface area contributed by atoms with Crippen LogP contribution < -0.4 is 22.1 Å². The third kappa shape index (κ3) is 3.46. The van der Waals surface area contributed by atoms with Gasteiger partial charge in [0.25, 0.3) is 11.8 Å². The van der Waals surface area contributed by atoms with Crippen LogP contribution in [0.4, 0.5) is 0 Å². The van der Waals surface area contributed by atoms with E-state index in [1.807, 2.05) is 0 Å². The number of hydrogen-bond acceptors (Lipinski definition) is 6. The van der Waals surface area contributed by atoms with Crippen molar-refractivity contribution in [2.45, 2.75) is 12.1 Å². The first-order chi connectivity index (χ1) is 12.4. The Morgan fingerprint density at radius 3 is 1.50 bits per heavy atom. The van der Waals surface area contributed by atoms with E-state index in [9.17, 15) is 19.8 Å². The van der Waals surface area contributed by atoms with E-state index < -0.39 is 11.8 Å². The summed E-state index contributed by atoms with van der Waals surface area (Å²) in [4.78, 5) is 22.8. The van der Waals surface area contributed by atoms with Gasteiger partial charge < -0.3 is 32.3 Å². The predicted molar refractivity (Wildman–Crippen MR) is 94.7 cm³/mol. The highest BCUT2D eigenvalue weighted by Gasteiger charge is 2.24. The number of rotatable bonds is 4. The highest BCUT2D eigenvalue weighted by Crippen LogP contribution is 2.27. The van der Waals surface area contributed by atoms with Gasteiger partial charge in [-0.15, -0.1) is 0 Å². The maximum atomic E-state index is 11.4. The number of phenols is 2. The van der Waals surface area contributed by atoms with Gasteiger partial charge >= 0.3 is 0 Å². The molecule has 136 valence electrons. The number of carbonyl (C=O) groups excluding carboxylic acids is 2. The highest BCUT2D eigenvalue weighted by molar-refractivity contribution is 5.96. The molecule has 1 aliphatic rings. The molecule has 8 heteroatoms. The smallest absolute Gasteiger partial charge is 0.252 e. The average Bonchev–Trinajstić information content (AvgIpc) is 2.62. The van der Waals surface area contributed by atoms with E-state index in [0.29, 0.717) is 13.1 Å². The molecule has 3 rings (SSSR count). The van der Waals surface area contributed by atoms with E-state index in [4.69, 9.17) is 11.5 Å². The van der Waals surface area contributed by atoms with Crippen LogP contribution in [0, 0.1) is 0 Å². The van der Waals surface area contributed by atoms with Crippen LogP contribution in [0.1, 0.15) is 43.9 Å². The van der Waals surface area contributed by atoms with E-state index in [-0.39, 0.29) is 34.7 Å². The SMILES string of the molecule is NC(=O)c1cc(C2CN[C@H](c3ccc(O)c(C(N)=O)c3)CN2)ccc1O. The average molecular weight is 356 g/mol. The number of benzene rings is 2. The fourth-order valence-electron chi connectivity index (χ4n) is 3.07. The van der Waals surface area contributed by atoms with Gasteiger partial charge in [-0.05, 0) is 35.4 Å². The fraction of sp³-hybridized carbons (Fsp3) is 0.222. The summed E-state index contributed by atoms with van der Waals surface area (Å²) in [6.07, 6.45) is 0. The number of primary amides is 2. The molecule has 2 atom stereocenters. The Balaban J connectivity index is 1.74. The zero-order chi connectivity index (χ0) is 18.8. The summed E-state index contributed by atoms with van der Waals surface area (Å²) >= 11 is 0. The van der Waals surface area contributed by atoms with Gasteiger partial charge in [0.15, 0.2) is 0 Å². The number of amides is 2. The molecular weight excluding hydrogens is 336 g/mol. The third-order valence-corrected chi connectivity index (χ3v) is 4.51. The Hall–Kier alpha value is -3.10. The molecule has 2 aromatic rings. The normalized spacial score (nSPS) is 19.8. The minimum absolute atomic E-state index is 0.0716. The molecule has 1 aliphatic heterocycles. The maximum absolute atomic E-state index is 11.4. The summed E-state index contributed by atoms with van der Waals surface area (Å²) in [6.45, 7) is 1.11. The second kappa shape index (κ2) is 7.03. The predicted octanol–water partition coefficient (Wildman–Crippen LogP) is 0.271. The van der Waals surface area contributed by atoms with Crippen LogP contribution in [0.3, 0.4) is 0 Å². The molecule has 1 heterocycles. The van der Waals surface area contributed by atoms with E-state index >= 15 is 0 Å². The molecule has 0 aromatic heterocycles. The Morgan fingerprint density at radius 1 is 0.808 bits per heavy atom. The summed E-state index contributed by atoms with van der Waals surface area (Å²) in [7, 11) is 0. The van der Waals surface area contributed by atoms with Crippen LogP contribution in [-0.4, -0.2) is 35.1 Å². The monoisotopic (exact) mass is 356 g/mol. The third-order valence-electron chi connectivity index (χ3n) is 4.51. The van der Waals surface area contributed by atoms with Crippen molar-refractivity contribution in [1.29, 1.82) is 0 Å². The number of aromatic hydroxyl groups is 2. The van der Waals surface area contributed by atoms with Crippen molar-refractivity contribution < 1.29 is 19.8 Å². The molecule has 0 bridgehead atoms. The topological polar surface area (TPSA) is 151 Å². The number of nitrogens with one attached hydrogen (secondary N) is 2. The Morgan fingerprint density at radius 2 is 1.19 bits per heavy atom. The van der Waals surface area contributed by atoms with Gasteiger partial charge in [-0.2, -0.15) is 0 Å². The molecule has 2 amide bonds. The van der Waals surface area contributed by atoms with Gasteiger partial charge in [0, 0.05) is 25.2 Å². The zero-order valence-electron chi connectivity index (χ0n) is 13.9. The summed E-state index contributed by atoms with van der Waals surface area (Å²) in [6, 6.07) is 9.35. The van der Waals surface area contributed by atoms with Crippen molar-refractivity contribution in [3.63, 3.8) is 0 Å². The van der Waals surface area contributed by atoms with Gasteiger partial charge in [0.2, 0.25) is 0 Å². The lowest BCUT2D eigenvalue weighted by atomic mass is 9.97. The molecule has 8 N–H and O–H groups in total. The first kappa shape index (κ1) is 17.7. The number of piperazine rings is 1. The lowest BCUT2D eigenvalue weighted by Crippen LogP contribution is -2.45. The van der Waals surface area contributed by atoms with Gasteiger partial charge in [-0.3, -0.25) is 9.59 Å². The number of carbonyl (C=O) groups is 2. The van der Waals surface area contributed by atoms with Crippen molar-refractivity contribution in [3.05, 3.63) is 58.7 Å². The van der Waals surface area contributed by atoms with E-state index in [1.54, 1.807) is 24.3 Å². The Labute approximate surface area is 149 Å². The minimum atomic E-state index is -0.686. The van der Waals surface area contributed by atoms with Crippen molar-refractivity contribution >= 4 is 11.8 Å². The van der Waals surface area contributed by atoms with E-state index in [0.717, 1.165) is 11.1 Å². The Kier molecular flexibility index (Phi) is 4.79. The standard InChI is InChI=1S/C18H20N4O4/c19-17(25)11-5-9(1-3-15(11)23)13-7-22-14(8-21-13)10-2-4-16(24)12(6-10)18(20)26/h1-6,13-14,21-24H,7-8H2,(H2,19,25)(H2,20,26)/t13-,14?/m0/s1. The molecular formula is C18H20N4O4. The first-order valence-electron chi connectivity index (χ1n) is 8.09. The molecule has 26 heavy (non-hydrogen) atoms. The molecule has 0 radical (unpaired) electrons. The van der Waals surface area contributed by atoms with Crippen molar-refractivity contribution in [2.75, 3.05) is 13.1 Å². The molecule has 1 saturated heterocycles. The highest BCUT2D eigenvalue weighted by atomic mass is 16.3. The van der Waals surface area contributed by atoms with Gasteiger partial charge in [-0.1, -0.05) is 12.1 Å². The van der Waals surface area contributed by atoms with Crippen molar-refractivity contribution in [1.82, 2.24) is 10.6 Å². The lowest BCUT2D eigenvalue weighted by molar-refractivity contribution is 0.0988. The van der Waals surface area contributed by atoms with Gasteiger partial charge in [-0.25, -0.2) is 0 Å². The van der Waals surface area contributed by atoms with Crippen LogP contribution in [0.2, 0.25) is 0 Å². The first-order valence-corrected chi connectivity index (χ1v) is 8.09. The molecule has 8 nitrogen and oxygen atoms in total. The summed E-state index contributed by atoms with van der Waals surface area (Å²) in [5.74, 6) is -1.67.